The molecule has 0 fully saturated rings. The Bertz CT molecular complexity index is 779. The maximum atomic E-state index is 13.5. The van der Waals surface area contributed by atoms with E-state index in [4.69, 9.17) is 10.5 Å². The lowest BCUT2D eigenvalue weighted by Crippen LogP contribution is -2.30. The number of halogens is 3. The van der Waals surface area contributed by atoms with Crippen molar-refractivity contribution in [3.8, 4) is 5.75 Å². The Morgan fingerprint density at radius 3 is 2.25 bits per heavy atom. The Morgan fingerprint density at radius 1 is 1.04 bits per heavy atom. The van der Waals surface area contributed by atoms with E-state index in [2.05, 4.69) is 5.32 Å². The van der Waals surface area contributed by atoms with Crippen molar-refractivity contribution in [2.45, 2.75) is 13.0 Å². The van der Waals surface area contributed by atoms with Gasteiger partial charge in [-0.25, -0.2) is 13.2 Å². The van der Waals surface area contributed by atoms with Crippen molar-refractivity contribution in [2.24, 2.45) is 5.73 Å². The van der Waals surface area contributed by atoms with Gasteiger partial charge in [0.05, 0.1) is 5.69 Å². The molecule has 2 rings (SSSR count). The average Bonchev–Trinajstić information content (AvgIpc) is 2.55. The maximum Gasteiger partial charge on any atom is 0.265 e. The van der Waals surface area contributed by atoms with E-state index >= 15 is 0 Å². The van der Waals surface area contributed by atoms with E-state index in [0.717, 1.165) is 6.07 Å². The number of nitrogens with one attached hydrogen (secondary N) is 1. The minimum absolute atomic E-state index is 0.267. The van der Waals surface area contributed by atoms with Gasteiger partial charge in [-0.1, -0.05) is 0 Å². The Labute approximate surface area is 135 Å². The van der Waals surface area contributed by atoms with Gasteiger partial charge in [-0.3, -0.25) is 9.59 Å². The summed E-state index contributed by atoms with van der Waals surface area (Å²) < 4.78 is 44.8. The predicted molar refractivity (Wildman–Crippen MR) is 80.0 cm³/mol. The summed E-state index contributed by atoms with van der Waals surface area (Å²) in [6.45, 7) is 1.38. The van der Waals surface area contributed by atoms with Crippen LogP contribution in [0, 0.1) is 17.5 Å². The van der Waals surface area contributed by atoms with E-state index in [1.165, 1.54) is 31.2 Å². The van der Waals surface area contributed by atoms with Crippen molar-refractivity contribution >= 4 is 17.5 Å². The molecule has 0 heterocycles. The zero-order valence-corrected chi connectivity index (χ0v) is 12.5. The van der Waals surface area contributed by atoms with Gasteiger partial charge in [0.1, 0.15) is 5.75 Å². The van der Waals surface area contributed by atoms with Crippen LogP contribution in [0.4, 0.5) is 18.9 Å². The van der Waals surface area contributed by atoms with Crippen LogP contribution in [0.3, 0.4) is 0 Å². The summed E-state index contributed by atoms with van der Waals surface area (Å²) in [6.07, 6.45) is -1.06. The average molecular weight is 338 g/mol. The molecular formula is C16H13F3N2O3. The summed E-state index contributed by atoms with van der Waals surface area (Å²) in [5, 5.41) is 2.11. The first-order valence-corrected chi connectivity index (χ1v) is 6.80. The second-order valence-corrected chi connectivity index (χ2v) is 4.86. The number of hydrogen-bond donors (Lipinski definition) is 2. The lowest BCUT2D eigenvalue weighted by atomic mass is 10.2. The lowest BCUT2D eigenvalue weighted by Gasteiger charge is -2.15. The van der Waals surface area contributed by atoms with Gasteiger partial charge in [0.15, 0.2) is 23.6 Å². The fourth-order valence-corrected chi connectivity index (χ4v) is 1.81. The number of ether oxygens (including phenoxy) is 1. The SMILES string of the molecule is C[C@@H](Oc1ccc(C(N)=O)cc1)C(=O)Nc1ccc(F)c(F)c1F. The van der Waals surface area contributed by atoms with Crippen molar-refractivity contribution in [2.75, 3.05) is 5.32 Å². The van der Waals surface area contributed by atoms with Crippen LogP contribution in [-0.4, -0.2) is 17.9 Å². The Balaban J connectivity index is 2.04. The second kappa shape index (κ2) is 7.03. The molecule has 0 bridgehead atoms. The zero-order chi connectivity index (χ0) is 17.9. The topological polar surface area (TPSA) is 81.4 Å². The van der Waals surface area contributed by atoms with Crippen molar-refractivity contribution in [1.82, 2.24) is 0 Å². The molecule has 3 N–H and O–H groups in total. The first-order valence-electron chi connectivity index (χ1n) is 6.80. The van der Waals surface area contributed by atoms with Gasteiger partial charge < -0.3 is 15.8 Å². The number of benzene rings is 2. The lowest BCUT2D eigenvalue weighted by molar-refractivity contribution is -0.122. The van der Waals surface area contributed by atoms with Crippen molar-refractivity contribution in [1.29, 1.82) is 0 Å². The largest absolute Gasteiger partial charge is 0.481 e. The highest BCUT2D eigenvalue weighted by Gasteiger charge is 2.19. The molecule has 5 nitrogen and oxygen atoms in total. The molecule has 0 aliphatic heterocycles. The Morgan fingerprint density at radius 2 is 1.67 bits per heavy atom. The molecule has 2 aromatic rings. The molecular weight excluding hydrogens is 325 g/mol. The van der Waals surface area contributed by atoms with Crippen LogP contribution in [0.2, 0.25) is 0 Å². The van der Waals surface area contributed by atoms with E-state index < -0.39 is 41.1 Å². The van der Waals surface area contributed by atoms with Crippen molar-refractivity contribution in [3.05, 3.63) is 59.4 Å². The number of hydrogen-bond acceptors (Lipinski definition) is 3. The molecule has 0 saturated heterocycles. The van der Waals surface area contributed by atoms with Gasteiger partial charge in [-0.2, -0.15) is 0 Å². The quantitative estimate of drug-likeness (QED) is 0.822. The first kappa shape index (κ1) is 17.3. The Hall–Kier alpha value is -3.03. The maximum absolute atomic E-state index is 13.5. The van der Waals surface area contributed by atoms with Crippen LogP contribution in [0.1, 0.15) is 17.3 Å². The summed E-state index contributed by atoms with van der Waals surface area (Å²) in [5.74, 6) is -5.64. The van der Waals surface area contributed by atoms with Gasteiger partial charge >= 0.3 is 0 Å². The Kier molecular flexibility index (Phi) is 5.08. The number of nitrogens with two attached hydrogens (primary N) is 1. The number of carbonyl (C=O) groups is 2. The predicted octanol–water partition coefficient (Wildman–Crippen LogP) is 2.61. The molecule has 0 radical (unpaired) electrons. The van der Waals surface area contributed by atoms with E-state index in [9.17, 15) is 22.8 Å². The molecule has 0 saturated carbocycles. The summed E-state index contributed by atoms with van der Waals surface area (Å²) in [5.41, 5.74) is 4.87. The highest BCUT2D eigenvalue weighted by atomic mass is 19.2. The number of carbonyl (C=O) groups excluding carboxylic acids is 2. The molecule has 0 unspecified atom stereocenters. The van der Waals surface area contributed by atoms with E-state index in [1.54, 1.807) is 0 Å². The smallest absolute Gasteiger partial charge is 0.265 e. The molecule has 126 valence electrons. The van der Waals surface area contributed by atoms with Crippen LogP contribution >= 0.6 is 0 Å². The fraction of sp³-hybridized carbons (Fsp3) is 0.125. The number of amides is 2. The zero-order valence-electron chi connectivity index (χ0n) is 12.5. The van der Waals surface area contributed by atoms with Crippen LogP contribution in [-0.2, 0) is 4.79 Å². The third-order valence-corrected chi connectivity index (χ3v) is 3.11. The van der Waals surface area contributed by atoms with Gasteiger partial charge in [-0.15, -0.1) is 0 Å². The van der Waals surface area contributed by atoms with Crippen LogP contribution in [0.5, 0.6) is 5.75 Å². The second-order valence-electron chi connectivity index (χ2n) is 4.86. The minimum atomic E-state index is -1.68. The van der Waals surface area contributed by atoms with Crippen LogP contribution < -0.4 is 15.8 Å². The number of primary amides is 1. The fourth-order valence-electron chi connectivity index (χ4n) is 1.81. The molecule has 0 aliphatic rings. The molecule has 0 spiro atoms. The first-order chi connectivity index (χ1) is 11.3. The third kappa shape index (κ3) is 3.83. The minimum Gasteiger partial charge on any atom is -0.481 e. The third-order valence-electron chi connectivity index (χ3n) is 3.11. The molecule has 0 aromatic heterocycles. The number of anilines is 1. The van der Waals surface area contributed by atoms with Crippen molar-refractivity contribution in [3.63, 3.8) is 0 Å². The highest BCUT2D eigenvalue weighted by Crippen LogP contribution is 2.20. The van der Waals surface area contributed by atoms with Crippen LogP contribution in [0.15, 0.2) is 36.4 Å². The van der Waals surface area contributed by atoms with E-state index in [0.29, 0.717) is 6.07 Å². The normalized spacial score (nSPS) is 11.7. The molecule has 2 amide bonds. The molecule has 8 heteroatoms. The summed E-state index contributed by atoms with van der Waals surface area (Å²) in [6, 6.07) is 7.29. The molecule has 1 atom stereocenters. The molecule has 2 aromatic carbocycles. The van der Waals surface area contributed by atoms with Crippen molar-refractivity contribution < 1.29 is 27.5 Å². The van der Waals surface area contributed by atoms with Gasteiger partial charge in [0, 0.05) is 5.56 Å². The monoisotopic (exact) mass is 338 g/mol. The summed E-state index contributed by atoms with van der Waals surface area (Å²) >= 11 is 0. The number of rotatable bonds is 5. The van der Waals surface area contributed by atoms with Crippen LogP contribution in [0.25, 0.3) is 0 Å². The van der Waals surface area contributed by atoms with E-state index in [1.807, 2.05) is 0 Å². The summed E-state index contributed by atoms with van der Waals surface area (Å²) in [4.78, 5) is 22.9. The standard InChI is InChI=1S/C16H13F3N2O3/c1-8(24-10-4-2-9(3-5-10)15(20)22)16(23)21-12-7-6-11(17)13(18)14(12)19/h2-8H,1H3,(H2,20,22)(H,21,23)/t8-/m1/s1. The van der Waals surface area contributed by atoms with Gasteiger partial charge in [0.2, 0.25) is 5.91 Å². The summed E-state index contributed by atoms with van der Waals surface area (Å²) in [7, 11) is 0. The molecule has 24 heavy (non-hydrogen) atoms. The van der Waals surface area contributed by atoms with Gasteiger partial charge in [0.25, 0.3) is 5.91 Å². The van der Waals surface area contributed by atoms with E-state index in [-0.39, 0.29) is 11.3 Å². The molecule has 0 aliphatic carbocycles. The highest BCUT2D eigenvalue weighted by molar-refractivity contribution is 5.94. The van der Waals surface area contributed by atoms with Gasteiger partial charge in [-0.05, 0) is 43.3 Å².